The van der Waals surface area contributed by atoms with Crippen LogP contribution in [0.4, 0.5) is 0 Å². The largest absolute Gasteiger partial charge is 0.330 e. The smallest absolute Gasteiger partial charge is 0.203 e. The van der Waals surface area contributed by atoms with Gasteiger partial charge < -0.3 is 5.73 Å². The second-order valence-electron chi connectivity index (χ2n) is 3.15. The molecule has 2 N–H and O–H groups in total. The van der Waals surface area contributed by atoms with Crippen molar-refractivity contribution in [3.8, 4) is 0 Å². The predicted octanol–water partition coefficient (Wildman–Crippen LogP) is 2.54. The van der Waals surface area contributed by atoms with Gasteiger partial charge in [-0.15, -0.1) is 11.3 Å². The topological polar surface area (TPSA) is 43.1 Å². The predicted molar refractivity (Wildman–Crippen MR) is 64.8 cm³/mol. The van der Waals surface area contributed by atoms with E-state index in [1.807, 2.05) is 29.0 Å². The molecular weight excluding hydrogens is 226 g/mol. The summed E-state index contributed by atoms with van der Waals surface area (Å²) in [6.07, 6.45) is 0.849. The van der Waals surface area contributed by atoms with Gasteiger partial charge in [0.05, 0.1) is 4.88 Å². The standard InChI is InChI=1S/C11H11NOS2/c12-5-3-9-1-2-10(15-9)11(13)8-4-6-14-7-8/h1-2,4,6-7H,3,5,12H2. The Morgan fingerprint density at radius 2 is 2.20 bits per heavy atom. The van der Waals surface area contributed by atoms with Crippen LogP contribution in [0.2, 0.25) is 0 Å². The van der Waals surface area contributed by atoms with Crippen LogP contribution in [0.25, 0.3) is 0 Å². The molecule has 0 saturated carbocycles. The molecule has 78 valence electrons. The highest BCUT2D eigenvalue weighted by molar-refractivity contribution is 7.14. The molecule has 2 aromatic heterocycles. The van der Waals surface area contributed by atoms with Gasteiger partial charge in [-0.05, 0) is 36.5 Å². The highest BCUT2D eigenvalue weighted by Gasteiger charge is 2.11. The minimum Gasteiger partial charge on any atom is -0.330 e. The minimum absolute atomic E-state index is 0.115. The molecule has 2 heterocycles. The summed E-state index contributed by atoms with van der Waals surface area (Å²) in [4.78, 5) is 13.9. The minimum atomic E-state index is 0.115. The Bertz CT molecular complexity index is 445. The monoisotopic (exact) mass is 237 g/mol. The van der Waals surface area contributed by atoms with Gasteiger partial charge in [-0.3, -0.25) is 4.79 Å². The van der Waals surface area contributed by atoms with E-state index in [4.69, 9.17) is 5.73 Å². The van der Waals surface area contributed by atoms with Crippen LogP contribution in [0, 0.1) is 0 Å². The fraction of sp³-hybridized carbons (Fsp3) is 0.182. The van der Waals surface area contributed by atoms with Gasteiger partial charge in [-0.2, -0.15) is 11.3 Å². The van der Waals surface area contributed by atoms with E-state index < -0.39 is 0 Å². The third kappa shape index (κ3) is 2.34. The molecule has 4 heteroatoms. The van der Waals surface area contributed by atoms with E-state index in [0.29, 0.717) is 6.54 Å². The summed E-state index contributed by atoms with van der Waals surface area (Å²) in [7, 11) is 0. The molecule has 0 radical (unpaired) electrons. The number of rotatable bonds is 4. The normalized spacial score (nSPS) is 10.5. The van der Waals surface area contributed by atoms with E-state index in [-0.39, 0.29) is 5.78 Å². The molecule has 0 bridgehead atoms. The lowest BCUT2D eigenvalue weighted by Crippen LogP contribution is -2.00. The maximum atomic E-state index is 11.9. The second-order valence-corrected chi connectivity index (χ2v) is 5.09. The number of hydrogen-bond donors (Lipinski definition) is 1. The van der Waals surface area contributed by atoms with E-state index in [9.17, 15) is 4.79 Å². The van der Waals surface area contributed by atoms with Crippen molar-refractivity contribution in [2.75, 3.05) is 6.54 Å². The number of nitrogens with two attached hydrogens (primary N) is 1. The second kappa shape index (κ2) is 4.70. The van der Waals surface area contributed by atoms with E-state index in [0.717, 1.165) is 16.9 Å². The summed E-state index contributed by atoms with van der Waals surface area (Å²) in [6, 6.07) is 5.72. The molecule has 0 aliphatic rings. The maximum absolute atomic E-state index is 11.9. The Hall–Kier alpha value is -0.970. The van der Waals surface area contributed by atoms with Crippen LogP contribution >= 0.6 is 22.7 Å². The Kier molecular flexibility index (Phi) is 3.30. The maximum Gasteiger partial charge on any atom is 0.203 e. The summed E-state index contributed by atoms with van der Waals surface area (Å²) in [5, 5.41) is 3.80. The van der Waals surface area contributed by atoms with Crippen molar-refractivity contribution in [1.29, 1.82) is 0 Å². The number of thiophene rings is 2. The quantitative estimate of drug-likeness (QED) is 0.830. The van der Waals surface area contributed by atoms with E-state index in [1.54, 1.807) is 11.3 Å². The lowest BCUT2D eigenvalue weighted by atomic mass is 10.2. The van der Waals surface area contributed by atoms with Crippen molar-refractivity contribution in [1.82, 2.24) is 0 Å². The van der Waals surface area contributed by atoms with Gasteiger partial charge in [-0.25, -0.2) is 0 Å². The van der Waals surface area contributed by atoms with Crippen LogP contribution in [0.1, 0.15) is 20.1 Å². The van der Waals surface area contributed by atoms with E-state index in [1.165, 1.54) is 16.2 Å². The van der Waals surface area contributed by atoms with Crippen molar-refractivity contribution in [3.63, 3.8) is 0 Å². The van der Waals surface area contributed by atoms with Crippen molar-refractivity contribution < 1.29 is 4.79 Å². The van der Waals surface area contributed by atoms with Crippen molar-refractivity contribution in [2.45, 2.75) is 6.42 Å². The summed E-state index contributed by atoms with van der Waals surface area (Å²) < 4.78 is 0. The van der Waals surface area contributed by atoms with Crippen LogP contribution in [0.15, 0.2) is 29.0 Å². The van der Waals surface area contributed by atoms with Gasteiger partial charge in [0.2, 0.25) is 5.78 Å². The average molecular weight is 237 g/mol. The number of ketones is 1. The van der Waals surface area contributed by atoms with Gasteiger partial charge in [0, 0.05) is 15.8 Å². The van der Waals surface area contributed by atoms with Crippen molar-refractivity contribution in [2.24, 2.45) is 5.73 Å². The van der Waals surface area contributed by atoms with Crippen molar-refractivity contribution in [3.05, 3.63) is 44.3 Å². The summed E-state index contributed by atoms with van der Waals surface area (Å²) >= 11 is 3.08. The Balaban J connectivity index is 2.19. The van der Waals surface area contributed by atoms with Crippen LogP contribution < -0.4 is 5.73 Å². The molecule has 0 aliphatic heterocycles. The molecule has 0 spiro atoms. The average Bonchev–Trinajstić information content (AvgIpc) is 2.87. The molecular formula is C11H11NOS2. The van der Waals surface area contributed by atoms with Crippen LogP contribution in [-0.4, -0.2) is 12.3 Å². The van der Waals surface area contributed by atoms with E-state index >= 15 is 0 Å². The van der Waals surface area contributed by atoms with Gasteiger partial charge in [0.15, 0.2) is 0 Å². The molecule has 0 amide bonds. The molecule has 0 unspecified atom stereocenters. The Morgan fingerprint density at radius 1 is 1.33 bits per heavy atom. The molecule has 2 nitrogen and oxygen atoms in total. The van der Waals surface area contributed by atoms with Crippen molar-refractivity contribution >= 4 is 28.5 Å². The summed E-state index contributed by atoms with van der Waals surface area (Å²) in [6.45, 7) is 0.632. The molecule has 0 aliphatic carbocycles. The lowest BCUT2D eigenvalue weighted by Gasteiger charge is -1.92. The third-order valence-electron chi connectivity index (χ3n) is 2.06. The molecule has 0 atom stereocenters. The first kappa shape index (κ1) is 10.5. The van der Waals surface area contributed by atoms with Crippen LogP contribution in [0.5, 0.6) is 0 Å². The van der Waals surface area contributed by atoms with Gasteiger partial charge in [0.1, 0.15) is 0 Å². The zero-order valence-electron chi connectivity index (χ0n) is 8.10. The van der Waals surface area contributed by atoms with E-state index in [2.05, 4.69) is 0 Å². The number of carbonyl (C=O) groups excluding carboxylic acids is 1. The number of carbonyl (C=O) groups is 1. The fourth-order valence-corrected chi connectivity index (χ4v) is 2.93. The van der Waals surface area contributed by atoms with Crippen LogP contribution in [0.3, 0.4) is 0 Å². The first-order valence-electron chi connectivity index (χ1n) is 4.67. The number of hydrogen-bond acceptors (Lipinski definition) is 4. The Morgan fingerprint density at radius 3 is 2.87 bits per heavy atom. The SMILES string of the molecule is NCCc1ccc(C(=O)c2ccsc2)s1. The fourth-order valence-electron chi connectivity index (χ4n) is 1.31. The summed E-state index contributed by atoms with van der Waals surface area (Å²) in [5.74, 6) is 0.115. The van der Waals surface area contributed by atoms with Gasteiger partial charge in [0.25, 0.3) is 0 Å². The third-order valence-corrected chi connectivity index (χ3v) is 3.89. The molecule has 2 aromatic rings. The summed E-state index contributed by atoms with van der Waals surface area (Å²) in [5.41, 5.74) is 6.24. The zero-order valence-corrected chi connectivity index (χ0v) is 9.74. The highest BCUT2D eigenvalue weighted by atomic mass is 32.1. The van der Waals surface area contributed by atoms with Crippen LogP contribution in [-0.2, 0) is 6.42 Å². The highest BCUT2D eigenvalue weighted by Crippen LogP contribution is 2.21. The Labute approximate surface area is 96.4 Å². The molecule has 0 fully saturated rings. The zero-order chi connectivity index (χ0) is 10.7. The molecule has 2 rings (SSSR count). The van der Waals surface area contributed by atoms with Gasteiger partial charge in [-0.1, -0.05) is 0 Å². The molecule has 15 heavy (non-hydrogen) atoms. The van der Waals surface area contributed by atoms with Gasteiger partial charge >= 0.3 is 0 Å². The first-order chi connectivity index (χ1) is 7.31. The first-order valence-corrected chi connectivity index (χ1v) is 6.43. The molecule has 0 aromatic carbocycles. The lowest BCUT2D eigenvalue weighted by molar-refractivity contribution is 0.104. The molecule has 0 saturated heterocycles.